The lowest BCUT2D eigenvalue weighted by Gasteiger charge is -2.27. The van der Waals surface area contributed by atoms with Crippen LogP contribution in [0.25, 0.3) is 0 Å². The lowest BCUT2D eigenvalue weighted by Crippen LogP contribution is -2.31. The first-order valence-electron chi connectivity index (χ1n) is 11.2. The van der Waals surface area contributed by atoms with Crippen molar-refractivity contribution >= 4 is 34.9 Å². The quantitative estimate of drug-likeness (QED) is 0.301. The van der Waals surface area contributed by atoms with Gasteiger partial charge in [-0.25, -0.2) is 4.79 Å². The fourth-order valence-electron chi connectivity index (χ4n) is 4.15. The summed E-state index contributed by atoms with van der Waals surface area (Å²) in [6, 6.07) is 19.2. The van der Waals surface area contributed by atoms with Crippen LogP contribution in [0, 0.1) is 0 Å². The molecule has 1 aliphatic heterocycles. The Labute approximate surface area is 213 Å². The predicted octanol–water partition coefficient (Wildman–Crippen LogP) is 5.40. The Balaban J connectivity index is 1.84. The van der Waals surface area contributed by atoms with Crippen LogP contribution in [0.1, 0.15) is 39.2 Å². The molecule has 1 unspecified atom stereocenters. The molecule has 0 aromatic heterocycles. The number of nitrogens with zero attached hydrogens (tertiary/aromatic N) is 1. The summed E-state index contributed by atoms with van der Waals surface area (Å²) in [6.45, 7) is 1.97. The van der Waals surface area contributed by atoms with Gasteiger partial charge < -0.3 is 14.2 Å². The molecule has 184 valence electrons. The molecule has 0 aliphatic carbocycles. The van der Waals surface area contributed by atoms with Gasteiger partial charge in [-0.15, -0.1) is 0 Å². The lowest BCUT2D eigenvalue weighted by molar-refractivity contribution is -0.117. The number of ether oxygens (including phenoxy) is 3. The van der Waals surface area contributed by atoms with E-state index in [1.54, 1.807) is 79.7 Å². The predicted molar refractivity (Wildman–Crippen MR) is 135 cm³/mol. The second-order valence-corrected chi connectivity index (χ2v) is 8.28. The standard InChI is InChI=1S/C28H24ClNO6/c1-4-36-28(33)18-9-13-19(14-10-18)30-24(21-7-5-6-8-22(21)29)23(26(35-3)27(30)32)25(31)17-11-15-20(34-2)16-12-17/h5-16,24H,4H2,1-3H3. The minimum absolute atomic E-state index is 0.0739. The Morgan fingerprint density at radius 1 is 0.889 bits per heavy atom. The molecule has 0 saturated carbocycles. The maximum atomic E-state index is 13.8. The number of halogens is 1. The molecule has 0 saturated heterocycles. The second kappa shape index (κ2) is 10.7. The second-order valence-electron chi connectivity index (χ2n) is 7.87. The van der Waals surface area contributed by atoms with Gasteiger partial charge in [0.2, 0.25) is 0 Å². The number of benzene rings is 3. The number of esters is 1. The first-order valence-corrected chi connectivity index (χ1v) is 11.6. The third-order valence-corrected chi connectivity index (χ3v) is 6.19. The van der Waals surface area contributed by atoms with Crippen molar-refractivity contribution in [3.63, 3.8) is 0 Å². The number of ketones is 1. The molecule has 1 atom stereocenters. The maximum absolute atomic E-state index is 13.8. The zero-order valence-corrected chi connectivity index (χ0v) is 20.7. The van der Waals surface area contributed by atoms with Crippen LogP contribution in [0.15, 0.2) is 84.1 Å². The van der Waals surface area contributed by atoms with Crippen LogP contribution in [0.3, 0.4) is 0 Å². The Hall–Kier alpha value is -4.10. The van der Waals surface area contributed by atoms with Gasteiger partial charge >= 0.3 is 5.97 Å². The zero-order valence-electron chi connectivity index (χ0n) is 20.0. The van der Waals surface area contributed by atoms with E-state index in [0.717, 1.165) is 0 Å². The van der Waals surface area contributed by atoms with Crippen LogP contribution >= 0.6 is 11.6 Å². The van der Waals surface area contributed by atoms with Gasteiger partial charge in [-0.3, -0.25) is 14.5 Å². The number of methoxy groups -OCH3 is 2. The Bertz CT molecular complexity index is 1330. The highest BCUT2D eigenvalue weighted by Crippen LogP contribution is 2.44. The van der Waals surface area contributed by atoms with E-state index in [9.17, 15) is 14.4 Å². The number of anilines is 1. The van der Waals surface area contributed by atoms with Crippen molar-refractivity contribution in [2.45, 2.75) is 13.0 Å². The average molecular weight is 506 g/mol. The largest absolute Gasteiger partial charge is 0.497 e. The molecule has 0 radical (unpaired) electrons. The third-order valence-electron chi connectivity index (χ3n) is 5.85. The SMILES string of the molecule is CCOC(=O)c1ccc(N2C(=O)C(OC)=C(C(=O)c3ccc(OC)cc3)C2c2ccccc2Cl)cc1. The summed E-state index contributed by atoms with van der Waals surface area (Å²) >= 11 is 6.56. The first-order chi connectivity index (χ1) is 17.4. The highest BCUT2D eigenvalue weighted by Gasteiger charge is 2.46. The van der Waals surface area contributed by atoms with Crippen molar-refractivity contribution in [3.8, 4) is 5.75 Å². The van der Waals surface area contributed by atoms with E-state index in [0.29, 0.717) is 33.1 Å². The number of carbonyl (C=O) groups is 3. The summed E-state index contributed by atoms with van der Waals surface area (Å²) in [4.78, 5) is 41.0. The van der Waals surface area contributed by atoms with Crippen molar-refractivity contribution in [1.82, 2.24) is 0 Å². The van der Waals surface area contributed by atoms with Gasteiger partial charge in [-0.1, -0.05) is 29.8 Å². The number of amides is 1. The molecule has 8 heteroatoms. The zero-order chi connectivity index (χ0) is 25.8. The van der Waals surface area contributed by atoms with Gasteiger partial charge in [-0.05, 0) is 67.1 Å². The summed E-state index contributed by atoms with van der Waals surface area (Å²) in [5, 5.41) is 0.390. The Kier molecular flexibility index (Phi) is 7.41. The highest BCUT2D eigenvalue weighted by molar-refractivity contribution is 6.32. The van der Waals surface area contributed by atoms with Crippen LogP contribution in [0.5, 0.6) is 5.75 Å². The molecule has 1 aliphatic rings. The molecule has 3 aromatic rings. The highest BCUT2D eigenvalue weighted by atomic mass is 35.5. The smallest absolute Gasteiger partial charge is 0.338 e. The lowest BCUT2D eigenvalue weighted by atomic mass is 9.92. The summed E-state index contributed by atoms with van der Waals surface area (Å²) in [6.07, 6.45) is 0. The molecule has 4 rings (SSSR count). The monoisotopic (exact) mass is 505 g/mol. The topological polar surface area (TPSA) is 82.1 Å². The number of carbonyl (C=O) groups excluding carboxylic acids is 3. The van der Waals surface area contributed by atoms with E-state index >= 15 is 0 Å². The van der Waals surface area contributed by atoms with Gasteiger partial charge in [0.1, 0.15) is 5.75 Å². The van der Waals surface area contributed by atoms with E-state index in [1.165, 1.54) is 19.1 Å². The van der Waals surface area contributed by atoms with E-state index in [1.807, 2.05) is 0 Å². The van der Waals surface area contributed by atoms with Crippen LogP contribution in [-0.2, 0) is 14.3 Å². The average Bonchev–Trinajstić information content (AvgIpc) is 3.20. The van der Waals surface area contributed by atoms with E-state index in [4.69, 9.17) is 25.8 Å². The fraction of sp³-hybridized carbons (Fsp3) is 0.179. The summed E-state index contributed by atoms with van der Waals surface area (Å²) in [7, 11) is 2.89. The van der Waals surface area contributed by atoms with Crippen molar-refractivity contribution in [1.29, 1.82) is 0 Å². The van der Waals surface area contributed by atoms with Crippen molar-refractivity contribution < 1.29 is 28.6 Å². The molecule has 0 fully saturated rings. The number of Topliss-reactive ketones (excluding diaryl/α,β-unsaturated/α-hetero) is 1. The minimum Gasteiger partial charge on any atom is -0.497 e. The molecule has 3 aromatic carbocycles. The molecular formula is C28H24ClNO6. The van der Waals surface area contributed by atoms with Crippen molar-refractivity contribution in [2.75, 3.05) is 25.7 Å². The van der Waals surface area contributed by atoms with E-state index < -0.39 is 17.9 Å². The Morgan fingerprint density at radius 2 is 1.53 bits per heavy atom. The van der Waals surface area contributed by atoms with Gasteiger partial charge in [0.25, 0.3) is 5.91 Å². The van der Waals surface area contributed by atoms with E-state index in [2.05, 4.69) is 0 Å². The van der Waals surface area contributed by atoms with Crippen LogP contribution in [-0.4, -0.2) is 38.5 Å². The molecule has 0 N–H and O–H groups in total. The van der Waals surface area contributed by atoms with Gasteiger partial charge in [-0.2, -0.15) is 0 Å². The number of hydrogen-bond acceptors (Lipinski definition) is 6. The summed E-state index contributed by atoms with van der Waals surface area (Å²) < 4.78 is 15.7. The van der Waals surface area contributed by atoms with E-state index in [-0.39, 0.29) is 23.7 Å². The first kappa shape index (κ1) is 25.0. The van der Waals surface area contributed by atoms with Gasteiger partial charge in [0, 0.05) is 16.3 Å². The van der Waals surface area contributed by atoms with Crippen LogP contribution in [0.4, 0.5) is 5.69 Å². The summed E-state index contributed by atoms with van der Waals surface area (Å²) in [5.74, 6) is -0.816. The third kappa shape index (κ3) is 4.57. The molecular weight excluding hydrogens is 482 g/mol. The Morgan fingerprint density at radius 3 is 2.11 bits per heavy atom. The normalized spacial score (nSPS) is 15.2. The maximum Gasteiger partial charge on any atom is 0.338 e. The van der Waals surface area contributed by atoms with Gasteiger partial charge in [0.15, 0.2) is 11.5 Å². The molecule has 36 heavy (non-hydrogen) atoms. The molecule has 1 amide bonds. The minimum atomic E-state index is -0.857. The number of hydrogen-bond donors (Lipinski definition) is 0. The molecule has 1 heterocycles. The van der Waals surface area contributed by atoms with Crippen molar-refractivity contribution in [3.05, 3.63) is 106 Å². The van der Waals surface area contributed by atoms with Crippen LogP contribution in [0.2, 0.25) is 5.02 Å². The van der Waals surface area contributed by atoms with Crippen molar-refractivity contribution in [2.24, 2.45) is 0 Å². The molecule has 7 nitrogen and oxygen atoms in total. The molecule has 0 bridgehead atoms. The van der Waals surface area contributed by atoms with Gasteiger partial charge in [0.05, 0.1) is 38.0 Å². The fourth-order valence-corrected chi connectivity index (χ4v) is 4.39. The number of rotatable bonds is 8. The van der Waals surface area contributed by atoms with Crippen LogP contribution < -0.4 is 9.64 Å². The summed E-state index contributed by atoms with van der Waals surface area (Å²) in [5.41, 5.74) is 1.90. The molecule has 0 spiro atoms.